The molecule has 4 nitrogen and oxygen atoms in total. The van der Waals surface area contributed by atoms with Gasteiger partial charge in [0.1, 0.15) is 6.10 Å². The summed E-state index contributed by atoms with van der Waals surface area (Å²) in [4.78, 5) is 0. The Hall–Kier alpha value is -0.160. The van der Waals surface area contributed by atoms with Gasteiger partial charge < -0.3 is 20.1 Å². The molecule has 16 heavy (non-hydrogen) atoms. The third-order valence-corrected chi connectivity index (χ3v) is 3.12. The molecule has 1 rings (SSSR count). The van der Waals surface area contributed by atoms with E-state index in [9.17, 15) is 15.3 Å². The summed E-state index contributed by atoms with van der Waals surface area (Å²) >= 11 is 0. The van der Waals surface area contributed by atoms with E-state index in [0.717, 1.165) is 12.8 Å². The van der Waals surface area contributed by atoms with E-state index in [1.54, 1.807) is 0 Å². The zero-order valence-corrected chi connectivity index (χ0v) is 10.0. The summed E-state index contributed by atoms with van der Waals surface area (Å²) in [7, 11) is 0. The van der Waals surface area contributed by atoms with Crippen molar-refractivity contribution in [1.29, 1.82) is 0 Å². The number of hydrogen-bond donors (Lipinski definition) is 3. The smallest absolute Gasteiger partial charge is 0.106 e. The fourth-order valence-electron chi connectivity index (χ4n) is 2.10. The lowest BCUT2D eigenvalue weighted by atomic mass is 9.90. The molecule has 0 amide bonds. The monoisotopic (exact) mass is 232 g/mol. The predicted molar refractivity (Wildman–Crippen MR) is 61.1 cm³/mol. The first-order valence-electron chi connectivity index (χ1n) is 6.31. The highest BCUT2D eigenvalue weighted by Gasteiger charge is 2.35. The second kappa shape index (κ2) is 7.22. The largest absolute Gasteiger partial charge is 0.393 e. The minimum Gasteiger partial charge on any atom is -0.393 e. The summed E-state index contributed by atoms with van der Waals surface area (Å²) in [5, 5.41) is 28.6. The van der Waals surface area contributed by atoms with Crippen LogP contribution in [-0.4, -0.2) is 46.3 Å². The Balaban J connectivity index is 2.19. The number of rotatable bonds is 6. The van der Waals surface area contributed by atoms with Gasteiger partial charge >= 0.3 is 0 Å². The molecule has 0 heterocycles. The summed E-state index contributed by atoms with van der Waals surface area (Å²) in [6.45, 7) is 2.75. The first kappa shape index (κ1) is 13.9. The molecular weight excluding hydrogens is 208 g/mol. The van der Waals surface area contributed by atoms with Crippen LogP contribution in [0.5, 0.6) is 0 Å². The van der Waals surface area contributed by atoms with Crippen molar-refractivity contribution in [3.8, 4) is 0 Å². The van der Waals surface area contributed by atoms with E-state index in [-0.39, 0.29) is 6.42 Å². The third-order valence-electron chi connectivity index (χ3n) is 3.12. The van der Waals surface area contributed by atoms with Gasteiger partial charge in [0.25, 0.3) is 0 Å². The van der Waals surface area contributed by atoms with Crippen molar-refractivity contribution in [2.75, 3.05) is 6.61 Å². The van der Waals surface area contributed by atoms with E-state index < -0.39 is 24.4 Å². The maximum atomic E-state index is 9.67. The van der Waals surface area contributed by atoms with Crippen LogP contribution in [0.4, 0.5) is 0 Å². The molecule has 4 heteroatoms. The molecule has 0 unspecified atom stereocenters. The number of unbranched alkanes of at least 4 members (excludes halogenated alkanes) is 3. The van der Waals surface area contributed by atoms with E-state index >= 15 is 0 Å². The molecule has 4 atom stereocenters. The van der Waals surface area contributed by atoms with Crippen molar-refractivity contribution in [1.82, 2.24) is 0 Å². The molecule has 1 fully saturated rings. The Morgan fingerprint density at radius 3 is 2.50 bits per heavy atom. The molecule has 3 N–H and O–H groups in total. The lowest BCUT2D eigenvalue weighted by molar-refractivity contribution is -0.140. The average molecular weight is 232 g/mol. The Morgan fingerprint density at radius 2 is 1.81 bits per heavy atom. The first-order chi connectivity index (χ1) is 7.65. The lowest BCUT2D eigenvalue weighted by Crippen LogP contribution is -2.47. The van der Waals surface area contributed by atoms with Gasteiger partial charge in [0.15, 0.2) is 0 Å². The summed E-state index contributed by atoms with van der Waals surface area (Å²) in [5.41, 5.74) is 0. The predicted octanol–water partition coefficient (Wildman–Crippen LogP) is 0.828. The third kappa shape index (κ3) is 4.37. The van der Waals surface area contributed by atoms with Gasteiger partial charge in [-0.3, -0.25) is 0 Å². The van der Waals surface area contributed by atoms with Crippen LogP contribution in [0.15, 0.2) is 0 Å². The molecule has 0 aromatic heterocycles. The van der Waals surface area contributed by atoms with Crippen LogP contribution in [0.2, 0.25) is 0 Å². The second-order valence-corrected chi connectivity index (χ2v) is 4.65. The summed E-state index contributed by atoms with van der Waals surface area (Å²) in [6, 6.07) is 0. The highest BCUT2D eigenvalue weighted by Crippen LogP contribution is 2.22. The van der Waals surface area contributed by atoms with E-state index in [0.29, 0.717) is 13.0 Å². The molecule has 96 valence electrons. The number of ether oxygens (including phenoxy) is 1. The molecule has 0 aromatic rings. The van der Waals surface area contributed by atoms with Crippen LogP contribution in [0.3, 0.4) is 0 Å². The molecule has 0 aromatic carbocycles. The van der Waals surface area contributed by atoms with Crippen LogP contribution in [0, 0.1) is 0 Å². The van der Waals surface area contributed by atoms with Crippen molar-refractivity contribution < 1.29 is 20.1 Å². The van der Waals surface area contributed by atoms with Crippen molar-refractivity contribution in [3.05, 3.63) is 0 Å². The standard InChI is InChI=1S/C12H24O4/c1-2-3-4-5-6-16-11-8-9(13)7-10(14)12(11)15/h9-15H,2-8H2,1H3/t9-,10-,11-,12-/m1/s1. The van der Waals surface area contributed by atoms with Gasteiger partial charge in [0.2, 0.25) is 0 Å². The molecule has 1 aliphatic rings. The van der Waals surface area contributed by atoms with E-state index in [2.05, 4.69) is 6.92 Å². The van der Waals surface area contributed by atoms with E-state index in [4.69, 9.17) is 4.74 Å². The highest BCUT2D eigenvalue weighted by atomic mass is 16.5. The normalized spacial score (nSPS) is 35.2. The Labute approximate surface area is 97.2 Å². The summed E-state index contributed by atoms with van der Waals surface area (Å²) < 4.78 is 5.51. The van der Waals surface area contributed by atoms with Gasteiger partial charge in [-0.25, -0.2) is 0 Å². The average Bonchev–Trinajstić information content (AvgIpc) is 2.24. The first-order valence-corrected chi connectivity index (χ1v) is 6.31. The lowest BCUT2D eigenvalue weighted by Gasteiger charge is -2.34. The molecule has 0 aliphatic heterocycles. The quantitative estimate of drug-likeness (QED) is 0.593. The van der Waals surface area contributed by atoms with Crippen LogP contribution < -0.4 is 0 Å². The summed E-state index contributed by atoms with van der Waals surface area (Å²) in [6.07, 6.45) is 2.47. The maximum Gasteiger partial charge on any atom is 0.106 e. The molecule has 0 bridgehead atoms. The Kier molecular flexibility index (Phi) is 6.28. The van der Waals surface area contributed by atoms with Gasteiger partial charge in [-0.15, -0.1) is 0 Å². The molecule has 0 saturated heterocycles. The van der Waals surface area contributed by atoms with Gasteiger partial charge in [0.05, 0.1) is 18.3 Å². The SMILES string of the molecule is CCCCCCO[C@@H]1C[C@H](O)C[C@@H](O)[C@H]1O. The van der Waals surface area contributed by atoms with Gasteiger partial charge in [-0.05, 0) is 6.42 Å². The number of aliphatic hydroxyl groups is 3. The van der Waals surface area contributed by atoms with E-state index in [1.165, 1.54) is 12.8 Å². The molecular formula is C12H24O4. The van der Waals surface area contributed by atoms with Gasteiger partial charge in [-0.1, -0.05) is 26.2 Å². The minimum absolute atomic E-state index is 0.247. The van der Waals surface area contributed by atoms with Crippen molar-refractivity contribution in [3.63, 3.8) is 0 Å². The highest BCUT2D eigenvalue weighted by molar-refractivity contribution is 4.86. The van der Waals surface area contributed by atoms with Crippen molar-refractivity contribution in [2.45, 2.75) is 69.9 Å². The topological polar surface area (TPSA) is 69.9 Å². The number of aliphatic hydroxyl groups excluding tert-OH is 3. The van der Waals surface area contributed by atoms with Crippen molar-refractivity contribution >= 4 is 0 Å². The van der Waals surface area contributed by atoms with Crippen LogP contribution >= 0.6 is 0 Å². The molecule has 1 aliphatic carbocycles. The van der Waals surface area contributed by atoms with Crippen LogP contribution in [-0.2, 0) is 4.74 Å². The minimum atomic E-state index is -0.857. The number of hydrogen-bond acceptors (Lipinski definition) is 4. The second-order valence-electron chi connectivity index (χ2n) is 4.65. The zero-order chi connectivity index (χ0) is 12.0. The Bertz CT molecular complexity index is 186. The van der Waals surface area contributed by atoms with E-state index in [1.807, 2.05) is 0 Å². The molecule has 1 saturated carbocycles. The maximum absolute atomic E-state index is 9.67. The Morgan fingerprint density at radius 1 is 1.06 bits per heavy atom. The van der Waals surface area contributed by atoms with Crippen LogP contribution in [0.1, 0.15) is 45.4 Å². The zero-order valence-electron chi connectivity index (χ0n) is 10.0. The summed E-state index contributed by atoms with van der Waals surface area (Å²) in [5.74, 6) is 0. The molecule has 0 spiro atoms. The van der Waals surface area contributed by atoms with Crippen LogP contribution in [0.25, 0.3) is 0 Å². The van der Waals surface area contributed by atoms with Gasteiger partial charge in [0, 0.05) is 19.4 Å². The molecule has 0 radical (unpaired) electrons. The van der Waals surface area contributed by atoms with Crippen molar-refractivity contribution in [2.24, 2.45) is 0 Å². The fourth-order valence-corrected chi connectivity index (χ4v) is 2.10. The fraction of sp³-hybridized carbons (Fsp3) is 1.00. The van der Waals surface area contributed by atoms with Gasteiger partial charge in [-0.2, -0.15) is 0 Å².